The van der Waals surface area contributed by atoms with Gasteiger partial charge in [-0.05, 0) is 74.6 Å². The van der Waals surface area contributed by atoms with Crippen molar-refractivity contribution in [3.8, 4) is 34.2 Å². The molecule has 0 atom stereocenters. The van der Waals surface area contributed by atoms with Crippen molar-refractivity contribution in [2.24, 2.45) is 0 Å². The molecule has 0 aliphatic carbocycles. The summed E-state index contributed by atoms with van der Waals surface area (Å²) in [5, 5.41) is 0. The fraction of sp³-hybridized carbons (Fsp3) is 0.135. The summed E-state index contributed by atoms with van der Waals surface area (Å²) in [5.74, 6) is 1.84. The van der Waals surface area contributed by atoms with Gasteiger partial charge in [0, 0.05) is 56.3 Å². The molecule has 6 rings (SSSR count). The second-order valence-electron chi connectivity index (χ2n) is 10.2. The molecule has 0 saturated heterocycles. The Labute approximate surface area is 262 Å². The van der Waals surface area contributed by atoms with Crippen molar-refractivity contribution in [3.05, 3.63) is 150 Å². The van der Waals surface area contributed by atoms with Gasteiger partial charge in [0.05, 0.1) is 11.6 Å². The van der Waals surface area contributed by atoms with Gasteiger partial charge in [0.25, 0.3) is 0 Å². The molecule has 0 amide bonds. The van der Waals surface area contributed by atoms with Crippen LogP contribution in [0.5, 0.6) is 0 Å². The zero-order valence-corrected chi connectivity index (χ0v) is 27.0. The van der Waals surface area contributed by atoms with Gasteiger partial charge in [-0.3, -0.25) is 9.97 Å². The second-order valence-corrected chi connectivity index (χ2v) is 10.2. The molecule has 0 unspecified atom stereocenters. The molecule has 0 bridgehead atoms. The molecule has 4 nitrogen and oxygen atoms in total. The van der Waals surface area contributed by atoms with E-state index in [1.54, 1.807) is 0 Å². The number of hydrogen-bond donors (Lipinski definition) is 0. The summed E-state index contributed by atoms with van der Waals surface area (Å²) in [4.78, 5) is 9.00. The average molecular weight is 727 g/mol. The fourth-order valence-corrected chi connectivity index (χ4v) is 5.47. The van der Waals surface area contributed by atoms with Crippen molar-refractivity contribution in [3.63, 3.8) is 0 Å². The topological polar surface area (TPSA) is 35.6 Å². The Morgan fingerprint density at radius 3 is 1.45 bits per heavy atom. The Hall–Kier alpha value is -4.31. The molecule has 2 heterocycles. The van der Waals surface area contributed by atoms with Crippen LogP contribution < -0.4 is 0 Å². The van der Waals surface area contributed by atoms with Crippen LogP contribution in [-0.2, 0) is 20.1 Å². The van der Waals surface area contributed by atoms with Crippen LogP contribution in [0.25, 0.3) is 40.2 Å². The molecular formula is C37H34IrN4-2. The van der Waals surface area contributed by atoms with Gasteiger partial charge in [-0.25, -0.2) is 0 Å². The zero-order chi connectivity index (χ0) is 28.9. The van der Waals surface area contributed by atoms with Gasteiger partial charge in [-0.2, -0.15) is 0 Å². The number of aromatic nitrogens is 4. The number of benzene rings is 4. The van der Waals surface area contributed by atoms with Crippen molar-refractivity contribution >= 4 is 6.08 Å². The molecule has 213 valence electrons. The number of rotatable bonds is 5. The van der Waals surface area contributed by atoms with Crippen molar-refractivity contribution in [2.75, 3.05) is 0 Å². The Morgan fingerprint density at radius 1 is 0.643 bits per heavy atom. The first-order chi connectivity index (χ1) is 19.9. The molecule has 5 heteroatoms. The number of nitrogens with zero attached hydrogens (tertiary/aromatic N) is 4. The first-order valence-corrected chi connectivity index (χ1v) is 13.7. The van der Waals surface area contributed by atoms with Crippen LogP contribution in [0.15, 0.2) is 104 Å². The molecule has 4 aromatic carbocycles. The van der Waals surface area contributed by atoms with Gasteiger partial charge in [-0.15, -0.1) is 71.8 Å². The largest absolute Gasteiger partial charge is 0.340 e. The Morgan fingerprint density at radius 2 is 1.07 bits per heavy atom. The van der Waals surface area contributed by atoms with Gasteiger partial charge in [0.15, 0.2) is 0 Å². The number of imidazole rings is 2. The van der Waals surface area contributed by atoms with Crippen LogP contribution in [0.1, 0.15) is 33.4 Å². The Balaban J connectivity index is 0.000000189. The molecule has 0 N–H and O–H groups in total. The van der Waals surface area contributed by atoms with Crippen molar-refractivity contribution in [1.82, 2.24) is 19.1 Å². The minimum Gasteiger partial charge on any atom is -0.340 e. The number of hydrogen-bond acceptors (Lipinski definition) is 2. The maximum atomic E-state index is 4.50. The van der Waals surface area contributed by atoms with Gasteiger partial charge < -0.3 is 9.13 Å². The summed E-state index contributed by atoms with van der Waals surface area (Å²) in [6, 6.07) is 31.1. The predicted molar refractivity (Wildman–Crippen MR) is 169 cm³/mol. The predicted octanol–water partition coefficient (Wildman–Crippen LogP) is 8.86. The minimum absolute atomic E-state index is 0. The third-order valence-corrected chi connectivity index (χ3v) is 7.05. The quantitative estimate of drug-likeness (QED) is 0.167. The van der Waals surface area contributed by atoms with E-state index in [0.29, 0.717) is 0 Å². The summed E-state index contributed by atoms with van der Waals surface area (Å²) >= 11 is 0. The summed E-state index contributed by atoms with van der Waals surface area (Å²) < 4.78 is 4.28. The Bertz CT molecular complexity index is 1750. The van der Waals surface area contributed by atoms with E-state index in [9.17, 15) is 0 Å². The normalized spacial score (nSPS) is 10.4. The van der Waals surface area contributed by atoms with Crippen LogP contribution in [-0.4, -0.2) is 19.1 Å². The van der Waals surface area contributed by atoms with E-state index >= 15 is 0 Å². The molecule has 0 saturated carbocycles. The third kappa shape index (κ3) is 6.44. The van der Waals surface area contributed by atoms with E-state index in [0.717, 1.165) is 28.3 Å². The summed E-state index contributed by atoms with van der Waals surface area (Å²) in [7, 11) is 0. The molecule has 1 radical (unpaired) electrons. The molecule has 6 aromatic rings. The van der Waals surface area contributed by atoms with Gasteiger partial charge in [-0.1, -0.05) is 30.4 Å². The maximum Gasteiger partial charge on any atom is 0.0602 e. The zero-order valence-electron chi connectivity index (χ0n) is 24.6. The van der Waals surface area contributed by atoms with Crippen LogP contribution in [0, 0.1) is 46.8 Å². The number of aryl methyl sites for hydroxylation is 5. The molecule has 2 aromatic heterocycles. The minimum atomic E-state index is 0. The van der Waals surface area contributed by atoms with Crippen molar-refractivity contribution in [2.45, 2.75) is 34.6 Å². The molecule has 42 heavy (non-hydrogen) atoms. The molecule has 0 aliphatic rings. The van der Waals surface area contributed by atoms with E-state index in [2.05, 4.69) is 96.7 Å². The first-order valence-electron chi connectivity index (χ1n) is 13.7. The average Bonchev–Trinajstić information content (AvgIpc) is 3.64. The van der Waals surface area contributed by atoms with E-state index in [-0.39, 0.29) is 20.1 Å². The molecule has 0 aliphatic heterocycles. The second kappa shape index (κ2) is 13.6. The van der Waals surface area contributed by atoms with E-state index in [1.807, 2.05) is 79.4 Å². The Kier molecular flexibility index (Phi) is 9.90. The molecular weight excluding hydrogens is 693 g/mol. The van der Waals surface area contributed by atoms with Crippen molar-refractivity contribution in [1.29, 1.82) is 0 Å². The standard InChI is InChI=1S/C19H17N2.C18H17N2.Ir/c1-4-16-12-14(2)18(15(3)13-16)21-11-10-20-19(21)17-8-6-5-7-9-17;1-13-11-14(2)17(15(3)12-13)20-10-9-19-18(20)16-7-5-4-6-8-16;/h4-8,10-13H,1H2,2-3H3;4-7,9-12H,1-3H3;/q2*-1;. The smallest absolute Gasteiger partial charge is 0.0602 e. The first kappa shape index (κ1) is 30.6. The molecule has 0 spiro atoms. The van der Waals surface area contributed by atoms with Crippen LogP contribution in [0.3, 0.4) is 0 Å². The van der Waals surface area contributed by atoms with E-state index in [4.69, 9.17) is 0 Å². The fourth-order valence-electron chi connectivity index (χ4n) is 5.47. The van der Waals surface area contributed by atoms with Crippen LogP contribution >= 0.6 is 0 Å². The van der Waals surface area contributed by atoms with Gasteiger partial charge in [0.2, 0.25) is 0 Å². The summed E-state index contributed by atoms with van der Waals surface area (Å²) in [5.41, 5.74) is 11.8. The summed E-state index contributed by atoms with van der Waals surface area (Å²) in [6.45, 7) is 14.5. The summed E-state index contributed by atoms with van der Waals surface area (Å²) in [6.07, 6.45) is 9.56. The monoisotopic (exact) mass is 727 g/mol. The van der Waals surface area contributed by atoms with Crippen LogP contribution in [0.4, 0.5) is 0 Å². The van der Waals surface area contributed by atoms with Crippen LogP contribution in [0.2, 0.25) is 0 Å². The van der Waals surface area contributed by atoms with Gasteiger partial charge in [0.1, 0.15) is 0 Å². The molecule has 0 fully saturated rings. The van der Waals surface area contributed by atoms with E-state index in [1.165, 1.54) is 39.2 Å². The third-order valence-electron chi connectivity index (χ3n) is 7.05. The maximum absolute atomic E-state index is 4.50. The van der Waals surface area contributed by atoms with Crippen molar-refractivity contribution < 1.29 is 20.1 Å². The van der Waals surface area contributed by atoms with Gasteiger partial charge >= 0.3 is 0 Å². The van der Waals surface area contributed by atoms with E-state index < -0.39 is 0 Å². The SMILES string of the molecule is C=Cc1cc(C)c(-n2ccnc2-c2[c-]cccc2)c(C)c1.Cc1cc(C)c(-n2ccnc2-c2[c-]cccc2)c(C)c1.[Ir].